The van der Waals surface area contributed by atoms with E-state index in [-0.39, 0.29) is 17.9 Å². The summed E-state index contributed by atoms with van der Waals surface area (Å²) >= 11 is 3.20. The Morgan fingerprint density at radius 3 is 2.84 bits per heavy atom. The van der Waals surface area contributed by atoms with Gasteiger partial charge in [-0.2, -0.15) is 0 Å². The van der Waals surface area contributed by atoms with Crippen molar-refractivity contribution in [2.45, 2.75) is 19.0 Å². The molecule has 2 rings (SSSR count). The molecular weight excluding hydrogens is 338 g/mol. The van der Waals surface area contributed by atoms with Gasteiger partial charge in [-0.15, -0.1) is 0 Å². The van der Waals surface area contributed by atoms with Crippen LogP contribution < -0.4 is 0 Å². The van der Waals surface area contributed by atoms with Crippen molar-refractivity contribution in [3.8, 4) is 0 Å². The highest BCUT2D eigenvalue weighted by atomic mass is 79.9. The molecule has 1 aliphatic rings. The van der Waals surface area contributed by atoms with E-state index in [0.29, 0.717) is 23.5 Å². The molecule has 1 atom stereocenters. The molecule has 8 heteroatoms. The summed E-state index contributed by atoms with van der Waals surface area (Å²) in [6, 6.07) is 3.04. The second-order valence-electron chi connectivity index (χ2n) is 4.54. The first-order chi connectivity index (χ1) is 8.85. The predicted octanol–water partition coefficient (Wildman–Crippen LogP) is 1.12. The van der Waals surface area contributed by atoms with Gasteiger partial charge in [0.1, 0.15) is 5.76 Å². The molecule has 106 valence electrons. The van der Waals surface area contributed by atoms with E-state index >= 15 is 0 Å². The third-order valence-electron chi connectivity index (χ3n) is 3.05. The van der Waals surface area contributed by atoms with Gasteiger partial charge in [0.2, 0.25) is 0 Å². The highest BCUT2D eigenvalue weighted by Crippen LogP contribution is 2.21. The maximum Gasteiger partial charge on any atom is 0.304 e. The number of hydrogen-bond acceptors (Lipinski definition) is 5. The fourth-order valence-corrected chi connectivity index (χ4v) is 4.09. The summed E-state index contributed by atoms with van der Waals surface area (Å²) in [5.41, 5.74) is 0. The highest BCUT2D eigenvalue weighted by molar-refractivity contribution is 9.10. The van der Waals surface area contributed by atoms with Crippen LogP contribution in [-0.4, -0.2) is 48.5 Å². The molecule has 0 spiro atoms. The highest BCUT2D eigenvalue weighted by Gasteiger charge is 2.32. The second-order valence-corrected chi connectivity index (χ2v) is 7.55. The number of carbonyl (C=O) groups is 1. The number of hydrogen-bond donors (Lipinski definition) is 1. The van der Waals surface area contributed by atoms with Crippen LogP contribution in [0, 0.1) is 0 Å². The molecule has 1 N–H and O–H groups in total. The fourth-order valence-electron chi connectivity index (χ4n) is 2.16. The van der Waals surface area contributed by atoms with Gasteiger partial charge in [-0.25, -0.2) is 8.42 Å². The maximum atomic E-state index is 11.6. The maximum absolute atomic E-state index is 11.6. The zero-order chi connectivity index (χ0) is 14.0. The molecule has 1 aliphatic heterocycles. The lowest BCUT2D eigenvalue weighted by Crippen LogP contribution is -2.48. The first-order valence-corrected chi connectivity index (χ1v) is 8.37. The molecule has 19 heavy (non-hydrogen) atoms. The summed E-state index contributed by atoms with van der Waals surface area (Å²) in [6.07, 6.45) is -0.179. The van der Waals surface area contributed by atoms with Crippen LogP contribution in [-0.2, 0) is 21.2 Å². The van der Waals surface area contributed by atoms with Gasteiger partial charge in [0.15, 0.2) is 14.5 Å². The molecule has 0 aromatic carbocycles. The minimum atomic E-state index is -3.14. The van der Waals surface area contributed by atoms with Gasteiger partial charge in [0.05, 0.1) is 24.5 Å². The quantitative estimate of drug-likeness (QED) is 0.874. The van der Waals surface area contributed by atoms with Gasteiger partial charge < -0.3 is 9.52 Å². The number of aliphatic carboxylic acids is 1. The third-order valence-corrected chi connectivity index (χ3v) is 5.17. The lowest BCUT2D eigenvalue weighted by molar-refractivity contribution is -0.138. The molecule has 0 bridgehead atoms. The standard InChI is InChI=1S/C11H14BrNO5S/c12-10-2-1-9(18-10)6-13-3-4-19(16,17)7-8(13)5-11(14)15/h1-2,8H,3-7H2,(H,14,15). The molecule has 0 radical (unpaired) electrons. The third kappa shape index (κ3) is 4.05. The van der Waals surface area contributed by atoms with E-state index in [4.69, 9.17) is 9.52 Å². The Kier molecular flexibility index (Phi) is 4.32. The molecule has 6 nitrogen and oxygen atoms in total. The average Bonchev–Trinajstić information content (AvgIpc) is 2.67. The Morgan fingerprint density at radius 1 is 1.53 bits per heavy atom. The van der Waals surface area contributed by atoms with E-state index in [9.17, 15) is 13.2 Å². The van der Waals surface area contributed by atoms with Crippen LogP contribution in [0.1, 0.15) is 12.2 Å². The first kappa shape index (κ1) is 14.5. The zero-order valence-corrected chi connectivity index (χ0v) is 12.5. The Labute approximate surface area is 119 Å². The Balaban J connectivity index is 2.10. The van der Waals surface area contributed by atoms with E-state index in [0.717, 1.165) is 0 Å². The summed E-state index contributed by atoms with van der Waals surface area (Å²) < 4.78 is 29.2. The van der Waals surface area contributed by atoms with Crippen molar-refractivity contribution in [2.75, 3.05) is 18.1 Å². The predicted molar refractivity (Wildman–Crippen MR) is 71.5 cm³/mol. The molecule has 0 amide bonds. The van der Waals surface area contributed by atoms with Gasteiger partial charge in [0, 0.05) is 12.6 Å². The van der Waals surface area contributed by atoms with Crippen LogP contribution in [0.15, 0.2) is 21.2 Å². The minimum absolute atomic E-state index is 0.0605. The number of nitrogens with zero attached hydrogens (tertiary/aromatic N) is 1. The monoisotopic (exact) mass is 351 g/mol. The summed E-state index contributed by atoms with van der Waals surface area (Å²) in [5.74, 6) is -0.360. The van der Waals surface area contributed by atoms with Gasteiger partial charge in [0.25, 0.3) is 0 Å². The number of halogens is 1. The number of carboxylic acids is 1. The van der Waals surface area contributed by atoms with E-state index in [2.05, 4.69) is 15.9 Å². The molecular formula is C11H14BrNO5S. The summed E-state index contributed by atoms with van der Waals surface area (Å²) in [7, 11) is -3.14. The molecule has 0 saturated carbocycles. The molecule has 1 saturated heterocycles. The SMILES string of the molecule is O=C(O)CC1CS(=O)(=O)CCN1Cc1ccc(Br)o1. The fraction of sp³-hybridized carbons (Fsp3) is 0.545. The Bertz CT molecular complexity index is 567. The second kappa shape index (κ2) is 5.64. The van der Waals surface area contributed by atoms with E-state index in [1.165, 1.54) is 0 Å². The van der Waals surface area contributed by atoms with Crippen LogP contribution in [0.4, 0.5) is 0 Å². The van der Waals surface area contributed by atoms with Gasteiger partial charge in [-0.1, -0.05) is 0 Å². The minimum Gasteiger partial charge on any atom is -0.481 e. The van der Waals surface area contributed by atoms with Crippen LogP contribution in [0.25, 0.3) is 0 Å². The topological polar surface area (TPSA) is 87.8 Å². The normalized spacial score (nSPS) is 23.3. The molecule has 1 unspecified atom stereocenters. The van der Waals surface area contributed by atoms with Crippen molar-refractivity contribution in [2.24, 2.45) is 0 Å². The van der Waals surface area contributed by atoms with Crippen molar-refractivity contribution >= 4 is 31.7 Å². The molecule has 0 aliphatic carbocycles. The smallest absolute Gasteiger partial charge is 0.304 e. The lowest BCUT2D eigenvalue weighted by Gasteiger charge is -2.33. The Morgan fingerprint density at radius 2 is 2.26 bits per heavy atom. The summed E-state index contributed by atoms with van der Waals surface area (Å²) in [5, 5.41) is 8.87. The largest absolute Gasteiger partial charge is 0.481 e. The van der Waals surface area contributed by atoms with Crippen LogP contribution >= 0.6 is 15.9 Å². The van der Waals surface area contributed by atoms with E-state index < -0.39 is 21.8 Å². The summed E-state index contributed by atoms with van der Waals surface area (Å²) in [6.45, 7) is 0.748. The molecule has 1 aromatic rings. The van der Waals surface area contributed by atoms with Crippen LogP contribution in [0.5, 0.6) is 0 Å². The molecule has 2 heterocycles. The van der Waals surface area contributed by atoms with Gasteiger partial charge in [-0.05, 0) is 28.1 Å². The average molecular weight is 352 g/mol. The number of sulfone groups is 1. The van der Waals surface area contributed by atoms with Gasteiger partial charge >= 0.3 is 5.97 Å². The Hall–Kier alpha value is -0.860. The van der Waals surface area contributed by atoms with Crippen LogP contribution in [0.3, 0.4) is 0 Å². The first-order valence-electron chi connectivity index (χ1n) is 5.76. The van der Waals surface area contributed by atoms with E-state index in [1.807, 2.05) is 4.90 Å². The summed E-state index contributed by atoms with van der Waals surface area (Å²) in [4.78, 5) is 12.7. The molecule has 1 aromatic heterocycles. The van der Waals surface area contributed by atoms with Crippen molar-refractivity contribution < 1.29 is 22.7 Å². The number of carboxylic acid groups (broad SMARTS) is 1. The van der Waals surface area contributed by atoms with Gasteiger partial charge in [-0.3, -0.25) is 9.69 Å². The zero-order valence-electron chi connectivity index (χ0n) is 10.1. The number of rotatable bonds is 4. The van der Waals surface area contributed by atoms with Crippen molar-refractivity contribution in [1.29, 1.82) is 0 Å². The lowest BCUT2D eigenvalue weighted by atomic mass is 10.2. The van der Waals surface area contributed by atoms with Crippen LogP contribution in [0.2, 0.25) is 0 Å². The molecule has 1 fully saturated rings. The van der Waals surface area contributed by atoms with Crippen molar-refractivity contribution in [3.63, 3.8) is 0 Å². The van der Waals surface area contributed by atoms with E-state index in [1.54, 1.807) is 12.1 Å². The van der Waals surface area contributed by atoms with Crippen molar-refractivity contribution in [1.82, 2.24) is 4.90 Å². The van der Waals surface area contributed by atoms with Crippen molar-refractivity contribution in [3.05, 3.63) is 22.6 Å². The number of furan rings is 1.